The van der Waals surface area contributed by atoms with E-state index >= 15 is 0 Å². The third-order valence-electron chi connectivity index (χ3n) is 4.94. The molecular weight excluding hydrogens is 364 g/mol. The maximum Gasteiger partial charge on any atom is 0.328 e. The molecule has 0 fully saturated rings. The van der Waals surface area contributed by atoms with E-state index in [-0.39, 0.29) is 23.9 Å². The molecular formula is C17H20N8O3. The fourth-order valence-corrected chi connectivity index (χ4v) is 3.47. The molecule has 0 unspecified atom stereocenters. The zero-order chi connectivity index (χ0) is 20.0. The Morgan fingerprint density at radius 1 is 1.29 bits per heavy atom. The third-order valence-corrected chi connectivity index (χ3v) is 4.94. The Morgan fingerprint density at radius 3 is 2.79 bits per heavy atom. The number of hydrogen-bond donors (Lipinski definition) is 1. The van der Waals surface area contributed by atoms with Gasteiger partial charge in [-0.25, -0.2) is 4.79 Å². The summed E-state index contributed by atoms with van der Waals surface area (Å²) in [6.45, 7) is 2.77. The first kappa shape index (κ1) is 17.9. The second kappa shape index (κ2) is 6.59. The molecule has 4 rings (SSSR count). The highest BCUT2D eigenvalue weighted by Gasteiger charge is 2.30. The van der Waals surface area contributed by atoms with Crippen molar-refractivity contribution in [2.24, 2.45) is 14.1 Å². The molecule has 1 aliphatic rings. The molecule has 0 radical (unpaired) electrons. The summed E-state index contributed by atoms with van der Waals surface area (Å²) in [6, 6.07) is -0.0312. The average Bonchev–Trinajstić information content (AvgIpc) is 3.28. The van der Waals surface area contributed by atoms with E-state index in [4.69, 9.17) is 0 Å². The third kappa shape index (κ3) is 2.94. The molecule has 3 aromatic heterocycles. The van der Waals surface area contributed by atoms with Gasteiger partial charge in [-0.1, -0.05) is 0 Å². The Balaban J connectivity index is 1.57. The molecule has 1 N–H and O–H groups in total. The predicted octanol–water partition coefficient (Wildman–Crippen LogP) is -0.788. The Kier molecular flexibility index (Phi) is 4.21. The van der Waals surface area contributed by atoms with E-state index in [2.05, 4.69) is 20.3 Å². The van der Waals surface area contributed by atoms with Crippen LogP contribution in [0.1, 0.15) is 24.4 Å². The quantitative estimate of drug-likeness (QED) is 0.631. The monoisotopic (exact) mass is 384 g/mol. The summed E-state index contributed by atoms with van der Waals surface area (Å²) in [4.78, 5) is 40.5. The number of aryl methyl sites for hydroxylation is 1. The zero-order valence-corrected chi connectivity index (χ0v) is 15.8. The summed E-state index contributed by atoms with van der Waals surface area (Å²) in [5, 5.41) is 12.7. The summed E-state index contributed by atoms with van der Waals surface area (Å²) in [6.07, 6.45) is 4.82. The van der Waals surface area contributed by atoms with Crippen molar-refractivity contribution in [3.8, 4) is 11.4 Å². The smallest absolute Gasteiger partial charge is 0.328 e. The van der Waals surface area contributed by atoms with Crippen molar-refractivity contribution in [3.63, 3.8) is 0 Å². The van der Waals surface area contributed by atoms with Crippen molar-refractivity contribution in [2.45, 2.75) is 25.9 Å². The second-order valence-electron chi connectivity index (χ2n) is 7.00. The highest BCUT2D eigenvalue weighted by atomic mass is 16.2. The van der Waals surface area contributed by atoms with Crippen LogP contribution in [0.15, 0.2) is 28.2 Å². The van der Waals surface area contributed by atoms with E-state index in [1.54, 1.807) is 15.8 Å². The minimum atomic E-state index is -0.510. The molecule has 0 aromatic carbocycles. The molecule has 28 heavy (non-hydrogen) atoms. The van der Waals surface area contributed by atoms with Gasteiger partial charge in [-0.15, -0.1) is 10.2 Å². The van der Waals surface area contributed by atoms with Gasteiger partial charge in [0.2, 0.25) is 5.91 Å². The van der Waals surface area contributed by atoms with Crippen LogP contribution in [0.25, 0.3) is 11.4 Å². The lowest BCUT2D eigenvalue weighted by Gasteiger charge is -2.32. The van der Waals surface area contributed by atoms with Gasteiger partial charge in [0.15, 0.2) is 11.6 Å². The second-order valence-corrected chi connectivity index (χ2v) is 7.00. The van der Waals surface area contributed by atoms with Crippen LogP contribution in [-0.2, 0) is 31.9 Å². The van der Waals surface area contributed by atoms with Crippen molar-refractivity contribution < 1.29 is 4.79 Å². The minimum Gasteiger partial charge on any atom is -0.333 e. The molecule has 4 heterocycles. The van der Waals surface area contributed by atoms with E-state index in [1.165, 1.54) is 13.2 Å². The number of hydrogen-bond acceptors (Lipinski definition) is 6. The van der Waals surface area contributed by atoms with E-state index in [1.807, 2.05) is 24.7 Å². The number of amides is 1. The number of nitrogens with zero attached hydrogens (tertiary/aromatic N) is 7. The van der Waals surface area contributed by atoms with Crippen molar-refractivity contribution in [3.05, 3.63) is 50.8 Å². The lowest BCUT2D eigenvalue weighted by atomic mass is 10.1. The summed E-state index contributed by atoms with van der Waals surface area (Å²) in [5.41, 5.74) is 0.139. The summed E-state index contributed by atoms with van der Waals surface area (Å²) >= 11 is 0. The van der Waals surface area contributed by atoms with Gasteiger partial charge in [-0.3, -0.25) is 18.8 Å². The van der Waals surface area contributed by atoms with Gasteiger partial charge in [-0.05, 0) is 6.92 Å². The molecule has 11 heteroatoms. The van der Waals surface area contributed by atoms with Gasteiger partial charge in [-0.2, -0.15) is 5.10 Å². The number of aromatic nitrogens is 7. The van der Waals surface area contributed by atoms with Crippen LogP contribution < -0.4 is 11.2 Å². The van der Waals surface area contributed by atoms with Gasteiger partial charge in [0.25, 0.3) is 5.56 Å². The van der Waals surface area contributed by atoms with Crippen LogP contribution in [0, 0.1) is 0 Å². The molecule has 0 saturated heterocycles. The summed E-state index contributed by atoms with van der Waals surface area (Å²) < 4.78 is 4.67. The van der Waals surface area contributed by atoms with Crippen molar-refractivity contribution in [2.75, 3.05) is 6.54 Å². The number of H-pyrrole nitrogens is 1. The zero-order valence-electron chi connectivity index (χ0n) is 15.8. The van der Waals surface area contributed by atoms with E-state index in [9.17, 15) is 14.4 Å². The van der Waals surface area contributed by atoms with Gasteiger partial charge in [0.1, 0.15) is 0 Å². The number of carbonyl (C=O) groups is 1. The lowest BCUT2D eigenvalue weighted by Crippen LogP contribution is -2.42. The van der Waals surface area contributed by atoms with Crippen LogP contribution in [-0.4, -0.2) is 51.4 Å². The van der Waals surface area contributed by atoms with Crippen molar-refractivity contribution in [1.82, 2.24) is 39.0 Å². The standard InChI is InChI=1S/C17H20N8O3/c1-10-7-24(14(26)4-11-5-18-17(28)23(3)16(11)27)9-13-20-21-15(25(10)13)12-6-19-22(2)8-12/h5-6,8,10H,4,7,9H2,1-3H3,(H,18,28)/t10-/m0/s1. The fourth-order valence-electron chi connectivity index (χ4n) is 3.47. The molecule has 11 nitrogen and oxygen atoms in total. The van der Waals surface area contributed by atoms with Crippen LogP contribution >= 0.6 is 0 Å². The molecule has 0 saturated carbocycles. The van der Waals surface area contributed by atoms with Crippen molar-refractivity contribution in [1.29, 1.82) is 0 Å². The van der Waals surface area contributed by atoms with Crippen LogP contribution in [0.5, 0.6) is 0 Å². The van der Waals surface area contributed by atoms with Gasteiger partial charge < -0.3 is 14.5 Å². The number of nitrogens with one attached hydrogen (secondary N) is 1. The van der Waals surface area contributed by atoms with Crippen molar-refractivity contribution >= 4 is 5.91 Å². The van der Waals surface area contributed by atoms with Gasteiger partial charge in [0, 0.05) is 38.6 Å². The summed E-state index contributed by atoms with van der Waals surface area (Å²) in [7, 11) is 3.21. The van der Waals surface area contributed by atoms with Gasteiger partial charge in [0.05, 0.1) is 30.8 Å². The molecule has 0 spiro atoms. The topological polar surface area (TPSA) is 124 Å². The normalized spacial score (nSPS) is 16.2. The maximum absolute atomic E-state index is 12.8. The van der Waals surface area contributed by atoms with E-state index < -0.39 is 11.2 Å². The van der Waals surface area contributed by atoms with Crippen LogP contribution in [0.3, 0.4) is 0 Å². The Hall–Kier alpha value is -3.50. The first-order chi connectivity index (χ1) is 13.3. The van der Waals surface area contributed by atoms with E-state index in [0.717, 1.165) is 16.0 Å². The molecule has 1 atom stereocenters. The highest BCUT2D eigenvalue weighted by molar-refractivity contribution is 5.78. The minimum absolute atomic E-state index is 0.0312. The first-order valence-electron chi connectivity index (χ1n) is 8.83. The van der Waals surface area contributed by atoms with E-state index in [0.29, 0.717) is 18.9 Å². The number of rotatable bonds is 3. The number of aromatic amines is 1. The number of carbonyl (C=O) groups excluding carboxylic acids is 1. The maximum atomic E-state index is 12.8. The average molecular weight is 384 g/mol. The largest absolute Gasteiger partial charge is 0.333 e. The molecule has 0 aliphatic carbocycles. The Labute approximate surface area is 159 Å². The predicted molar refractivity (Wildman–Crippen MR) is 98.4 cm³/mol. The molecule has 1 aliphatic heterocycles. The molecule has 0 bridgehead atoms. The first-order valence-corrected chi connectivity index (χ1v) is 8.83. The SMILES string of the molecule is C[C@H]1CN(C(=O)Cc2c[nH]c(=O)n(C)c2=O)Cc2nnc(-c3cnn(C)c3)n21. The van der Waals surface area contributed by atoms with Crippen LogP contribution in [0.2, 0.25) is 0 Å². The van der Waals surface area contributed by atoms with Crippen LogP contribution in [0.4, 0.5) is 0 Å². The highest BCUT2D eigenvalue weighted by Crippen LogP contribution is 2.27. The Morgan fingerprint density at radius 2 is 2.07 bits per heavy atom. The fraction of sp³-hybridized carbons (Fsp3) is 0.412. The number of fused-ring (bicyclic) bond motifs is 1. The lowest BCUT2D eigenvalue weighted by molar-refractivity contribution is -0.132. The Bertz CT molecular complexity index is 1170. The summed E-state index contributed by atoms with van der Waals surface area (Å²) in [5.74, 6) is 1.20. The molecule has 3 aromatic rings. The molecule has 146 valence electrons. The molecule has 1 amide bonds. The van der Waals surface area contributed by atoms with Gasteiger partial charge >= 0.3 is 5.69 Å².